The number of ether oxygens (including phenoxy) is 1. The Morgan fingerprint density at radius 1 is 1.33 bits per heavy atom. The van der Waals surface area contributed by atoms with Crippen LogP contribution >= 0.6 is 0 Å². The maximum atomic E-state index is 8.68. The van der Waals surface area contributed by atoms with E-state index in [1.54, 1.807) is 24.3 Å². The van der Waals surface area contributed by atoms with E-state index in [0.717, 1.165) is 17.4 Å². The van der Waals surface area contributed by atoms with Crippen molar-refractivity contribution in [3.8, 4) is 11.8 Å². The summed E-state index contributed by atoms with van der Waals surface area (Å²) in [5.74, 6) is 2.90. The monoisotopic (exact) mass is 240 g/mol. The molecule has 0 amide bonds. The summed E-state index contributed by atoms with van der Waals surface area (Å²) in [7, 11) is 0. The topological polar surface area (TPSA) is 74.6 Å². The second kappa shape index (κ2) is 4.49. The number of aromatic amines is 1. The quantitative estimate of drug-likeness (QED) is 0.888. The summed E-state index contributed by atoms with van der Waals surface area (Å²) >= 11 is 0. The van der Waals surface area contributed by atoms with E-state index in [1.807, 2.05) is 0 Å². The van der Waals surface area contributed by atoms with Crippen LogP contribution in [-0.2, 0) is 6.61 Å². The Hall–Kier alpha value is -2.35. The van der Waals surface area contributed by atoms with Crippen molar-refractivity contribution in [1.29, 1.82) is 5.26 Å². The molecule has 2 aromatic rings. The molecule has 1 aliphatic carbocycles. The number of benzene rings is 1. The molecule has 1 heterocycles. The number of rotatable bonds is 4. The summed E-state index contributed by atoms with van der Waals surface area (Å²) in [5.41, 5.74) is 0.623. The van der Waals surface area contributed by atoms with Crippen molar-refractivity contribution >= 4 is 0 Å². The zero-order chi connectivity index (χ0) is 12.4. The molecule has 0 unspecified atom stereocenters. The first kappa shape index (κ1) is 10.8. The molecule has 0 atom stereocenters. The molecule has 1 fully saturated rings. The molecule has 1 aromatic carbocycles. The standard InChI is InChI=1S/C13H12N4O/c14-7-9-1-5-11(6-2-9)18-8-12-15-13(17-16-12)10-3-4-10/h1-2,5-6,10H,3-4,8H2,(H,15,16,17). The van der Waals surface area contributed by atoms with Crippen molar-refractivity contribution in [2.45, 2.75) is 25.4 Å². The zero-order valence-corrected chi connectivity index (χ0v) is 9.76. The highest BCUT2D eigenvalue weighted by molar-refractivity contribution is 5.34. The minimum absolute atomic E-state index is 0.367. The number of H-pyrrole nitrogens is 1. The fourth-order valence-electron chi connectivity index (χ4n) is 1.68. The molecular formula is C13H12N4O. The van der Waals surface area contributed by atoms with Gasteiger partial charge in [-0.15, -0.1) is 0 Å². The van der Waals surface area contributed by atoms with E-state index in [1.165, 1.54) is 12.8 Å². The maximum absolute atomic E-state index is 8.68. The number of hydrogen-bond acceptors (Lipinski definition) is 4. The Labute approximate surface area is 104 Å². The molecule has 0 spiro atoms. The van der Waals surface area contributed by atoms with E-state index in [4.69, 9.17) is 10.00 Å². The Balaban J connectivity index is 1.60. The van der Waals surface area contributed by atoms with Gasteiger partial charge < -0.3 is 4.74 Å². The molecule has 3 rings (SSSR count). The van der Waals surface area contributed by atoms with Gasteiger partial charge >= 0.3 is 0 Å². The van der Waals surface area contributed by atoms with Crippen LogP contribution in [0.5, 0.6) is 5.75 Å². The number of aromatic nitrogens is 3. The van der Waals surface area contributed by atoms with Gasteiger partial charge in [-0.1, -0.05) is 0 Å². The number of nitrogens with zero attached hydrogens (tertiary/aromatic N) is 3. The third-order valence-corrected chi connectivity index (χ3v) is 2.85. The molecule has 1 N–H and O–H groups in total. The van der Waals surface area contributed by atoms with Gasteiger partial charge in [0.05, 0.1) is 11.6 Å². The summed E-state index contributed by atoms with van der Waals surface area (Å²) < 4.78 is 5.56. The van der Waals surface area contributed by atoms with Crippen LogP contribution < -0.4 is 4.74 Å². The highest BCUT2D eigenvalue weighted by atomic mass is 16.5. The van der Waals surface area contributed by atoms with Crippen molar-refractivity contribution in [2.24, 2.45) is 0 Å². The van der Waals surface area contributed by atoms with Crippen LogP contribution in [0.4, 0.5) is 0 Å². The van der Waals surface area contributed by atoms with Crippen LogP contribution in [-0.4, -0.2) is 15.2 Å². The molecule has 18 heavy (non-hydrogen) atoms. The zero-order valence-electron chi connectivity index (χ0n) is 9.76. The molecule has 5 nitrogen and oxygen atoms in total. The molecule has 0 aliphatic heterocycles. The Kier molecular flexibility index (Phi) is 2.69. The van der Waals surface area contributed by atoms with Gasteiger partial charge in [0.25, 0.3) is 0 Å². The Bertz CT molecular complexity index is 578. The fourth-order valence-corrected chi connectivity index (χ4v) is 1.68. The van der Waals surface area contributed by atoms with E-state index in [2.05, 4.69) is 21.3 Å². The summed E-state index contributed by atoms with van der Waals surface area (Å²) in [6.07, 6.45) is 2.38. The maximum Gasteiger partial charge on any atom is 0.162 e. The summed E-state index contributed by atoms with van der Waals surface area (Å²) in [5, 5.41) is 15.7. The lowest BCUT2D eigenvalue weighted by Gasteiger charge is -2.02. The van der Waals surface area contributed by atoms with Gasteiger partial charge in [0.1, 0.15) is 12.4 Å². The molecule has 5 heteroatoms. The van der Waals surface area contributed by atoms with Crippen molar-refractivity contribution in [3.05, 3.63) is 41.5 Å². The highest BCUT2D eigenvalue weighted by Crippen LogP contribution is 2.37. The SMILES string of the molecule is N#Cc1ccc(OCc2nc(C3CC3)n[nH]2)cc1. The van der Waals surface area contributed by atoms with Gasteiger partial charge in [0.2, 0.25) is 0 Å². The van der Waals surface area contributed by atoms with E-state index < -0.39 is 0 Å². The van der Waals surface area contributed by atoms with Crippen LogP contribution in [0.1, 0.15) is 36.0 Å². The molecule has 90 valence electrons. The summed E-state index contributed by atoms with van der Waals surface area (Å²) in [4.78, 5) is 4.38. The first-order valence-corrected chi connectivity index (χ1v) is 5.89. The van der Waals surface area contributed by atoms with Crippen molar-refractivity contribution in [2.75, 3.05) is 0 Å². The second-order valence-corrected chi connectivity index (χ2v) is 4.34. The Morgan fingerprint density at radius 2 is 2.11 bits per heavy atom. The molecular weight excluding hydrogens is 228 g/mol. The van der Waals surface area contributed by atoms with Crippen LogP contribution in [0.15, 0.2) is 24.3 Å². The van der Waals surface area contributed by atoms with Crippen LogP contribution in [0.25, 0.3) is 0 Å². The smallest absolute Gasteiger partial charge is 0.162 e. The molecule has 1 aromatic heterocycles. The fraction of sp³-hybridized carbons (Fsp3) is 0.308. The van der Waals surface area contributed by atoms with Crippen LogP contribution in [0, 0.1) is 11.3 Å². The molecule has 1 aliphatic rings. The summed E-state index contributed by atoms with van der Waals surface area (Å²) in [6, 6.07) is 9.07. The predicted molar refractivity (Wildman–Crippen MR) is 63.8 cm³/mol. The van der Waals surface area contributed by atoms with Crippen molar-refractivity contribution in [3.63, 3.8) is 0 Å². The first-order valence-electron chi connectivity index (χ1n) is 5.89. The summed E-state index contributed by atoms with van der Waals surface area (Å²) in [6.45, 7) is 0.367. The van der Waals surface area contributed by atoms with E-state index in [-0.39, 0.29) is 0 Å². The Morgan fingerprint density at radius 3 is 2.78 bits per heavy atom. The van der Waals surface area contributed by atoms with Crippen molar-refractivity contribution in [1.82, 2.24) is 15.2 Å². The average Bonchev–Trinajstić information content (AvgIpc) is 3.16. The number of hydrogen-bond donors (Lipinski definition) is 1. The van der Waals surface area contributed by atoms with E-state index in [9.17, 15) is 0 Å². The van der Waals surface area contributed by atoms with Gasteiger partial charge in [0.15, 0.2) is 11.6 Å². The van der Waals surface area contributed by atoms with Crippen LogP contribution in [0.2, 0.25) is 0 Å². The predicted octanol–water partition coefficient (Wildman–Crippen LogP) is 2.13. The lowest BCUT2D eigenvalue weighted by atomic mass is 10.2. The van der Waals surface area contributed by atoms with Gasteiger partial charge in [0, 0.05) is 5.92 Å². The van der Waals surface area contributed by atoms with Crippen molar-refractivity contribution < 1.29 is 4.74 Å². The second-order valence-electron chi connectivity index (χ2n) is 4.34. The molecule has 0 radical (unpaired) electrons. The minimum atomic E-state index is 0.367. The minimum Gasteiger partial charge on any atom is -0.486 e. The largest absolute Gasteiger partial charge is 0.486 e. The lowest BCUT2D eigenvalue weighted by Crippen LogP contribution is -1.97. The van der Waals surface area contributed by atoms with Gasteiger partial charge in [-0.05, 0) is 37.1 Å². The third-order valence-electron chi connectivity index (χ3n) is 2.85. The van der Waals surface area contributed by atoms with Gasteiger partial charge in [-0.2, -0.15) is 10.4 Å². The average molecular weight is 240 g/mol. The number of nitrogens with one attached hydrogen (secondary N) is 1. The van der Waals surface area contributed by atoms with E-state index >= 15 is 0 Å². The molecule has 0 bridgehead atoms. The van der Waals surface area contributed by atoms with Gasteiger partial charge in [-0.25, -0.2) is 4.98 Å². The first-order chi connectivity index (χ1) is 8.85. The number of nitriles is 1. The molecule has 1 saturated carbocycles. The van der Waals surface area contributed by atoms with E-state index in [0.29, 0.717) is 18.1 Å². The highest BCUT2D eigenvalue weighted by Gasteiger charge is 2.27. The van der Waals surface area contributed by atoms with Gasteiger partial charge in [-0.3, -0.25) is 5.10 Å². The lowest BCUT2D eigenvalue weighted by molar-refractivity contribution is 0.296. The normalized spacial score (nSPS) is 14.2. The van der Waals surface area contributed by atoms with Crippen LogP contribution in [0.3, 0.4) is 0 Å². The third kappa shape index (κ3) is 2.33. The molecule has 0 saturated heterocycles.